The van der Waals surface area contributed by atoms with Gasteiger partial charge in [-0.1, -0.05) is 66.2 Å². The Bertz CT molecular complexity index is 194. The summed E-state index contributed by atoms with van der Waals surface area (Å²) in [7, 11) is 1.76. The Morgan fingerprint density at radius 3 is 2.26 bits per heavy atom. The van der Waals surface area contributed by atoms with Crippen LogP contribution in [0.25, 0.3) is 0 Å². The maximum atomic E-state index is 5.09. The van der Waals surface area contributed by atoms with Crippen molar-refractivity contribution in [3.8, 4) is 0 Å². The van der Waals surface area contributed by atoms with Crippen LogP contribution in [0.1, 0.15) is 72.6 Å². The second kappa shape index (κ2) is 11.7. The van der Waals surface area contributed by atoms with Crippen LogP contribution in [0.4, 0.5) is 0 Å². The lowest BCUT2D eigenvalue weighted by molar-refractivity contribution is 0.164. The number of methoxy groups -OCH3 is 1. The second-order valence-corrected chi connectivity index (χ2v) is 6.50. The van der Waals surface area contributed by atoms with Crippen LogP contribution >= 0.6 is 0 Å². The van der Waals surface area contributed by atoms with Gasteiger partial charge in [-0.05, 0) is 17.8 Å². The number of ether oxygens (including phenoxy) is 1. The van der Waals surface area contributed by atoms with Gasteiger partial charge in [0.15, 0.2) is 0 Å². The Labute approximate surface area is 121 Å². The van der Waals surface area contributed by atoms with E-state index in [9.17, 15) is 0 Å². The van der Waals surface area contributed by atoms with Crippen LogP contribution < -0.4 is 5.32 Å². The van der Waals surface area contributed by atoms with Crippen LogP contribution in [0.15, 0.2) is 0 Å². The van der Waals surface area contributed by atoms with Gasteiger partial charge in [0.05, 0.1) is 6.61 Å². The van der Waals surface area contributed by atoms with Gasteiger partial charge in [0.25, 0.3) is 0 Å². The number of hydrogen-bond acceptors (Lipinski definition) is 2. The molecule has 116 valence electrons. The molecule has 1 atom stereocenters. The lowest BCUT2D eigenvalue weighted by Crippen LogP contribution is -2.37. The zero-order valence-corrected chi connectivity index (χ0v) is 14.1. The fourth-order valence-corrected chi connectivity index (χ4v) is 2.44. The van der Waals surface area contributed by atoms with Crippen molar-refractivity contribution in [1.29, 1.82) is 0 Å². The van der Waals surface area contributed by atoms with Gasteiger partial charge >= 0.3 is 0 Å². The quantitative estimate of drug-likeness (QED) is 0.493. The molecule has 0 bridgehead atoms. The SMILES string of the molecule is CCCCCCCCC(C)(CNCCOC)C(C)C. The van der Waals surface area contributed by atoms with Crippen LogP contribution in [-0.4, -0.2) is 26.8 Å². The highest BCUT2D eigenvalue weighted by molar-refractivity contribution is 4.80. The summed E-state index contributed by atoms with van der Waals surface area (Å²) in [4.78, 5) is 0. The van der Waals surface area contributed by atoms with Crippen LogP contribution in [0.3, 0.4) is 0 Å². The minimum atomic E-state index is 0.429. The first-order valence-corrected chi connectivity index (χ1v) is 8.26. The summed E-state index contributed by atoms with van der Waals surface area (Å²) in [5.74, 6) is 0.734. The van der Waals surface area contributed by atoms with Gasteiger partial charge in [-0.3, -0.25) is 0 Å². The Kier molecular flexibility index (Phi) is 11.7. The molecule has 0 amide bonds. The first-order chi connectivity index (χ1) is 9.06. The largest absolute Gasteiger partial charge is 0.383 e. The first-order valence-electron chi connectivity index (χ1n) is 8.26. The fraction of sp³-hybridized carbons (Fsp3) is 1.00. The molecule has 0 saturated carbocycles. The number of nitrogens with one attached hydrogen (secondary N) is 1. The predicted molar refractivity (Wildman–Crippen MR) is 85.7 cm³/mol. The van der Waals surface area contributed by atoms with Crippen LogP contribution in [0.2, 0.25) is 0 Å². The van der Waals surface area contributed by atoms with E-state index < -0.39 is 0 Å². The molecule has 0 aliphatic rings. The molecule has 0 fully saturated rings. The van der Waals surface area contributed by atoms with E-state index in [0.717, 1.165) is 25.6 Å². The molecule has 0 aliphatic heterocycles. The van der Waals surface area contributed by atoms with Gasteiger partial charge in [-0.25, -0.2) is 0 Å². The molecule has 0 aliphatic carbocycles. The summed E-state index contributed by atoms with van der Waals surface area (Å²) >= 11 is 0. The Balaban J connectivity index is 3.82. The van der Waals surface area contributed by atoms with Crippen LogP contribution in [0, 0.1) is 11.3 Å². The normalized spacial score (nSPS) is 14.8. The van der Waals surface area contributed by atoms with Crippen molar-refractivity contribution in [3.63, 3.8) is 0 Å². The topological polar surface area (TPSA) is 21.3 Å². The molecule has 0 saturated heterocycles. The average Bonchev–Trinajstić information content (AvgIpc) is 2.38. The minimum absolute atomic E-state index is 0.429. The third-order valence-corrected chi connectivity index (χ3v) is 4.51. The van der Waals surface area contributed by atoms with E-state index in [2.05, 4.69) is 33.0 Å². The van der Waals surface area contributed by atoms with Crippen LogP contribution in [-0.2, 0) is 4.74 Å². The summed E-state index contributed by atoms with van der Waals surface area (Å²) < 4.78 is 5.09. The Morgan fingerprint density at radius 2 is 1.68 bits per heavy atom. The fourth-order valence-electron chi connectivity index (χ4n) is 2.44. The second-order valence-electron chi connectivity index (χ2n) is 6.50. The molecule has 2 nitrogen and oxygen atoms in total. The van der Waals surface area contributed by atoms with Crippen molar-refractivity contribution in [3.05, 3.63) is 0 Å². The molecule has 1 N–H and O–H groups in total. The maximum Gasteiger partial charge on any atom is 0.0587 e. The molecule has 19 heavy (non-hydrogen) atoms. The molecule has 2 heteroatoms. The van der Waals surface area contributed by atoms with Crippen molar-refractivity contribution < 1.29 is 4.74 Å². The predicted octanol–water partition coefficient (Wildman–Crippen LogP) is 4.64. The molecule has 0 heterocycles. The van der Waals surface area contributed by atoms with E-state index >= 15 is 0 Å². The molecule has 0 aromatic heterocycles. The van der Waals surface area contributed by atoms with Crippen molar-refractivity contribution in [2.75, 3.05) is 26.8 Å². The summed E-state index contributed by atoms with van der Waals surface area (Å²) in [6.07, 6.45) is 9.70. The van der Waals surface area contributed by atoms with Gasteiger partial charge in [-0.2, -0.15) is 0 Å². The lowest BCUT2D eigenvalue weighted by atomic mass is 9.75. The average molecular weight is 271 g/mol. The third-order valence-electron chi connectivity index (χ3n) is 4.51. The van der Waals surface area contributed by atoms with Gasteiger partial charge in [0, 0.05) is 20.2 Å². The van der Waals surface area contributed by atoms with E-state index in [1.54, 1.807) is 7.11 Å². The Morgan fingerprint density at radius 1 is 1.05 bits per heavy atom. The van der Waals surface area contributed by atoms with Crippen molar-refractivity contribution in [1.82, 2.24) is 5.32 Å². The maximum absolute atomic E-state index is 5.09. The molecule has 1 unspecified atom stereocenters. The van der Waals surface area contributed by atoms with Crippen molar-refractivity contribution >= 4 is 0 Å². The van der Waals surface area contributed by atoms with Crippen molar-refractivity contribution in [2.24, 2.45) is 11.3 Å². The zero-order valence-electron chi connectivity index (χ0n) is 14.1. The molecule has 0 aromatic carbocycles. The standard InChI is InChI=1S/C17H37NO/c1-6-7-8-9-10-11-12-17(4,16(2)3)15-18-13-14-19-5/h16,18H,6-15H2,1-5H3. The third kappa shape index (κ3) is 9.45. The van der Waals surface area contributed by atoms with E-state index in [1.165, 1.54) is 44.9 Å². The number of rotatable bonds is 13. The summed E-state index contributed by atoms with van der Waals surface area (Å²) in [6, 6.07) is 0. The number of unbranched alkanes of at least 4 members (excludes halogenated alkanes) is 5. The van der Waals surface area contributed by atoms with Gasteiger partial charge in [0.2, 0.25) is 0 Å². The summed E-state index contributed by atoms with van der Waals surface area (Å²) in [5, 5.41) is 3.54. The summed E-state index contributed by atoms with van der Waals surface area (Å²) in [5.41, 5.74) is 0.429. The van der Waals surface area contributed by atoms with Gasteiger partial charge in [0.1, 0.15) is 0 Å². The van der Waals surface area contributed by atoms with Gasteiger partial charge in [-0.15, -0.1) is 0 Å². The molecule has 0 radical (unpaired) electrons. The van der Waals surface area contributed by atoms with E-state index in [1.807, 2.05) is 0 Å². The molecule has 0 spiro atoms. The molecular weight excluding hydrogens is 234 g/mol. The Hall–Kier alpha value is -0.0800. The van der Waals surface area contributed by atoms with Gasteiger partial charge < -0.3 is 10.1 Å². The van der Waals surface area contributed by atoms with E-state index in [4.69, 9.17) is 4.74 Å². The van der Waals surface area contributed by atoms with Crippen LogP contribution in [0.5, 0.6) is 0 Å². The highest BCUT2D eigenvalue weighted by Gasteiger charge is 2.27. The molecular formula is C17H37NO. The zero-order chi connectivity index (χ0) is 14.6. The molecule has 0 rings (SSSR count). The first kappa shape index (κ1) is 18.9. The minimum Gasteiger partial charge on any atom is -0.383 e. The smallest absolute Gasteiger partial charge is 0.0587 e. The number of hydrogen-bond donors (Lipinski definition) is 1. The van der Waals surface area contributed by atoms with E-state index in [-0.39, 0.29) is 0 Å². The lowest BCUT2D eigenvalue weighted by Gasteiger charge is -2.34. The summed E-state index contributed by atoms with van der Waals surface area (Å²) in [6.45, 7) is 12.3. The van der Waals surface area contributed by atoms with E-state index in [0.29, 0.717) is 5.41 Å². The highest BCUT2D eigenvalue weighted by Crippen LogP contribution is 2.32. The molecule has 0 aromatic rings. The monoisotopic (exact) mass is 271 g/mol. The van der Waals surface area contributed by atoms with Crippen molar-refractivity contribution in [2.45, 2.75) is 72.6 Å². The highest BCUT2D eigenvalue weighted by atomic mass is 16.5.